The van der Waals surface area contributed by atoms with Crippen molar-refractivity contribution in [3.63, 3.8) is 0 Å². The topological polar surface area (TPSA) is 55.9 Å². The summed E-state index contributed by atoms with van der Waals surface area (Å²) in [6, 6.07) is 6.02. The van der Waals surface area contributed by atoms with E-state index < -0.39 is 0 Å². The zero-order valence-electron chi connectivity index (χ0n) is 11.2. The Morgan fingerprint density at radius 1 is 1.42 bits per heavy atom. The number of fused-ring (bicyclic) bond motifs is 1. The molecule has 0 aliphatic carbocycles. The van der Waals surface area contributed by atoms with Crippen LogP contribution in [0.1, 0.15) is 24.4 Å². The molecular weight excluding hydrogens is 240 g/mol. The predicted octanol–water partition coefficient (Wildman–Crippen LogP) is 3.04. The highest BCUT2D eigenvalue weighted by Gasteiger charge is 2.11. The summed E-state index contributed by atoms with van der Waals surface area (Å²) in [7, 11) is 1.90. The molecule has 3 rings (SSSR count). The van der Waals surface area contributed by atoms with E-state index >= 15 is 0 Å². The number of nitrogens with zero attached hydrogens (tertiary/aromatic N) is 3. The van der Waals surface area contributed by atoms with Crippen LogP contribution in [0.25, 0.3) is 11.0 Å². The van der Waals surface area contributed by atoms with Crippen molar-refractivity contribution in [3.05, 3.63) is 42.1 Å². The molecule has 0 bridgehead atoms. The summed E-state index contributed by atoms with van der Waals surface area (Å²) in [5.74, 6) is 0.906. The second kappa shape index (κ2) is 4.42. The Labute approximate surface area is 111 Å². The first-order valence-electron chi connectivity index (χ1n) is 6.24. The highest BCUT2D eigenvalue weighted by atomic mass is 16.3. The van der Waals surface area contributed by atoms with Crippen molar-refractivity contribution in [1.29, 1.82) is 0 Å². The fourth-order valence-corrected chi connectivity index (χ4v) is 2.25. The number of pyridine rings is 1. The Hall–Kier alpha value is -2.30. The van der Waals surface area contributed by atoms with Gasteiger partial charge in [-0.1, -0.05) is 0 Å². The lowest BCUT2D eigenvalue weighted by Gasteiger charge is -2.12. The fraction of sp³-hybridized carbons (Fsp3) is 0.286. The quantitative estimate of drug-likeness (QED) is 0.782. The zero-order valence-corrected chi connectivity index (χ0v) is 11.2. The molecule has 0 fully saturated rings. The Balaban J connectivity index is 1.91. The van der Waals surface area contributed by atoms with Crippen molar-refractivity contribution in [2.24, 2.45) is 7.05 Å². The number of furan rings is 1. The van der Waals surface area contributed by atoms with E-state index in [0.29, 0.717) is 0 Å². The molecular formula is C14H16N4O. The second-order valence-corrected chi connectivity index (χ2v) is 4.69. The molecule has 0 aliphatic heterocycles. The summed E-state index contributed by atoms with van der Waals surface area (Å²) < 4.78 is 7.18. The summed E-state index contributed by atoms with van der Waals surface area (Å²) in [5.41, 5.74) is 2.85. The molecule has 0 saturated carbocycles. The molecule has 0 aliphatic rings. The van der Waals surface area contributed by atoms with Crippen molar-refractivity contribution in [1.82, 2.24) is 14.8 Å². The fourth-order valence-electron chi connectivity index (χ4n) is 2.25. The van der Waals surface area contributed by atoms with E-state index in [0.717, 1.165) is 28.2 Å². The second-order valence-electron chi connectivity index (χ2n) is 4.69. The van der Waals surface area contributed by atoms with Crippen LogP contribution in [0.15, 0.2) is 35.1 Å². The van der Waals surface area contributed by atoms with Gasteiger partial charge in [-0.2, -0.15) is 5.10 Å². The van der Waals surface area contributed by atoms with E-state index in [1.165, 1.54) is 0 Å². The molecule has 0 aromatic carbocycles. The van der Waals surface area contributed by atoms with Gasteiger partial charge in [0.15, 0.2) is 5.65 Å². The minimum Gasteiger partial charge on any atom is -0.467 e. The van der Waals surface area contributed by atoms with Gasteiger partial charge in [0.2, 0.25) is 0 Å². The number of anilines is 1. The van der Waals surface area contributed by atoms with Crippen LogP contribution >= 0.6 is 0 Å². The Bertz CT molecular complexity index is 700. The molecule has 0 saturated heterocycles. The SMILES string of the molecule is Cc1nn(C)c2ncc(NC(C)c3ccco3)cc12. The van der Waals surface area contributed by atoms with Crippen molar-refractivity contribution in [2.45, 2.75) is 19.9 Å². The van der Waals surface area contributed by atoms with Crippen LogP contribution in [0.2, 0.25) is 0 Å². The first-order valence-corrected chi connectivity index (χ1v) is 6.24. The number of hydrogen-bond donors (Lipinski definition) is 1. The predicted molar refractivity (Wildman–Crippen MR) is 74.0 cm³/mol. The van der Waals surface area contributed by atoms with Gasteiger partial charge in [-0.3, -0.25) is 4.68 Å². The number of nitrogens with one attached hydrogen (secondary N) is 1. The monoisotopic (exact) mass is 256 g/mol. The summed E-state index contributed by atoms with van der Waals surface area (Å²) in [5, 5.41) is 8.82. The third-order valence-corrected chi connectivity index (χ3v) is 3.22. The standard InChI is InChI=1S/C14H16N4O/c1-9-12-7-11(8-15-14(12)18(3)17-9)16-10(2)13-5-4-6-19-13/h4-8,10,16H,1-3H3. The van der Waals surface area contributed by atoms with Crippen molar-refractivity contribution in [2.75, 3.05) is 5.32 Å². The van der Waals surface area contributed by atoms with Gasteiger partial charge in [0, 0.05) is 12.4 Å². The van der Waals surface area contributed by atoms with E-state index in [4.69, 9.17) is 4.42 Å². The molecule has 0 radical (unpaired) electrons. The molecule has 0 amide bonds. The summed E-state index contributed by atoms with van der Waals surface area (Å²) in [4.78, 5) is 4.44. The van der Waals surface area contributed by atoms with E-state index in [1.54, 1.807) is 10.9 Å². The van der Waals surface area contributed by atoms with Crippen LogP contribution in [0.5, 0.6) is 0 Å². The van der Waals surface area contributed by atoms with E-state index in [1.807, 2.05) is 32.3 Å². The largest absolute Gasteiger partial charge is 0.467 e. The van der Waals surface area contributed by atoms with Crippen LogP contribution in [0.3, 0.4) is 0 Å². The lowest BCUT2D eigenvalue weighted by Crippen LogP contribution is -2.05. The van der Waals surface area contributed by atoms with Gasteiger partial charge in [-0.15, -0.1) is 0 Å². The van der Waals surface area contributed by atoms with Crippen LogP contribution in [-0.2, 0) is 7.05 Å². The van der Waals surface area contributed by atoms with Crippen molar-refractivity contribution in [3.8, 4) is 0 Å². The van der Waals surface area contributed by atoms with Crippen molar-refractivity contribution < 1.29 is 4.42 Å². The molecule has 5 nitrogen and oxygen atoms in total. The van der Waals surface area contributed by atoms with Crippen LogP contribution in [0, 0.1) is 6.92 Å². The molecule has 5 heteroatoms. The molecule has 3 aromatic rings. The number of aromatic nitrogens is 3. The van der Waals surface area contributed by atoms with Gasteiger partial charge in [-0.25, -0.2) is 4.98 Å². The van der Waals surface area contributed by atoms with Crippen LogP contribution < -0.4 is 5.32 Å². The normalized spacial score (nSPS) is 12.8. The van der Waals surface area contributed by atoms with Gasteiger partial charge in [0.1, 0.15) is 5.76 Å². The Kier molecular flexibility index (Phi) is 2.74. The molecule has 19 heavy (non-hydrogen) atoms. The van der Waals surface area contributed by atoms with Crippen LogP contribution in [-0.4, -0.2) is 14.8 Å². The molecule has 3 aromatic heterocycles. The highest BCUT2D eigenvalue weighted by molar-refractivity contribution is 5.81. The Morgan fingerprint density at radius 2 is 2.26 bits per heavy atom. The van der Waals surface area contributed by atoms with Gasteiger partial charge < -0.3 is 9.73 Å². The smallest absolute Gasteiger partial charge is 0.157 e. The molecule has 0 spiro atoms. The van der Waals surface area contributed by atoms with Gasteiger partial charge in [0.25, 0.3) is 0 Å². The third-order valence-electron chi connectivity index (χ3n) is 3.22. The minimum atomic E-state index is 0.103. The van der Waals surface area contributed by atoms with Crippen molar-refractivity contribution >= 4 is 16.7 Å². The summed E-state index contributed by atoms with van der Waals surface area (Å²) >= 11 is 0. The molecule has 98 valence electrons. The number of rotatable bonds is 3. The number of aryl methyl sites for hydroxylation is 2. The summed E-state index contributed by atoms with van der Waals surface area (Å²) in [6.07, 6.45) is 3.50. The van der Waals surface area contributed by atoms with Gasteiger partial charge in [0.05, 0.1) is 29.9 Å². The maximum atomic E-state index is 5.38. The van der Waals surface area contributed by atoms with Gasteiger partial charge >= 0.3 is 0 Å². The van der Waals surface area contributed by atoms with Crippen LogP contribution in [0.4, 0.5) is 5.69 Å². The third kappa shape index (κ3) is 2.07. The lowest BCUT2D eigenvalue weighted by atomic mass is 10.2. The maximum Gasteiger partial charge on any atom is 0.157 e. The molecule has 3 heterocycles. The minimum absolute atomic E-state index is 0.103. The first kappa shape index (κ1) is 11.8. The Morgan fingerprint density at radius 3 is 3.00 bits per heavy atom. The summed E-state index contributed by atoms with van der Waals surface area (Å²) in [6.45, 7) is 4.04. The maximum absolute atomic E-state index is 5.38. The zero-order chi connectivity index (χ0) is 13.4. The van der Waals surface area contributed by atoms with E-state index in [2.05, 4.69) is 28.4 Å². The van der Waals surface area contributed by atoms with E-state index in [-0.39, 0.29) is 6.04 Å². The van der Waals surface area contributed by atoms with E-state index in [9.17, 15) is 0 Å². The first-order chi connectivity index (χ1) is 9.15. The number of hydrogen-bond acceptors (Lipinski definition) is 4. The molecule has 1 unspecified atom stereocenters. The lowest BCUT2D eigenvalue weighted by molar-refractivity contribution is 0.490. The van der Waals surface area contributed by atoms with Gasteiger partial charge in [-0.05, 0) is 32.0 Å². The molecule has 1 N–H and O–H groups in total. The molecule has 1 atom stereocenters. The average molecular weight is 256 g/mol. The highest BCUT2D eigenvalue weighted by Crippen LogP contribution is 2.23. The average Bonchev–Trinajstić information content (AvgIpc) is 2.99.